The standard InChI is InChI=1S/C34H43NO5/c1-4-6-8-10-20-39-32-16-12-28(13-17-32)24-37-26-30-22-34(36-3)23-31(35-30)27-38-25-29-14-18-33(19-15-29)40-21-11-9-7-5-2/h4-5,12-19,22-23H,1-2,6-11,20-21,24-27H2,3H3. The van der Waals surface area contributed by atoms with Crippen molar-refractivity contribution in [3.8, 4) is 17.2 Å². The van der Waals surface area contributed by atoms with Crippen molar-refractivity contribution in [2.24, 2.45) is 0 Å². The van der Waals surface area contributed by atoms with Gasteiger partial charge in [0.05, 0.1) is 58.1 Å². The lowest BCUT2D eigenvalue weighted by atomic mass is 10.2. The van der Waals surface area contributed by atoms with Gasteiger partial charge in [-0.05, 0) is 73.9 Å². The van der Waals surface area contributed by atoms with E-state index >= 15 is 0 Å². The number of hydrogen-bond donors (Lipinski definition) is 0. The Labute approximate surface area is 239 Å². The van der Waals surface area contributed by atoms with E-state index in [9.17, 15) is 0 Å². The van der Waals surface area contributed by atoms with Gasteiger partial charge in [0.25, 0.3) is 0 Å². The number of unbranched alkanes of at least 4 members (excludes halogenated alkanes) is 4. The smallest absolute Gasteiger partial charge is 0.122 e. The minimum Gasteiger partial charge on any atom is -0.497 e. The average molecular weight is 546 g/mol. The third-order valence-corrected chi connectivity index (χ3v) is 6.17. The van der Waals surface area contributed by atoms with E-state index in [2.05, 4.69) is 13.2 Å². The van der Waals surface area contributed by atoms with Crippen LogP contribution in [0, 0.1) is 0 Å². The second kappa shape index (κ2) is 18.6. The molecule has 0 bridgehead atoms. The molecule has 214 valence electrons. The number of ether oxygens (including phenoxy) is 5. The molecule has 3 aromatic rings. The van der Waals surface area contributed by atoms with E-state index in [0.717, 1.165) is 91.5 Å². The molecule has 1 aromatic heterocycles. The van der Waals surface area contributed by atoms with Crippen LogP contribution in [0.4, 0.5) is 0 Å². The SMILES string of the molecule is C=CCCCCOc1ccc(COCc2cc(OC)cc(COCc3ccc(OCCCCC=C)cc3)n2)cc1. The minimum atomic E-state index is 0.376. The molecule has 2 aromatic carbocycles. The van der Waals surface area contributed by atoms with Crippen LogP contribution < -0.4 is 14.2 Å². The van der Waals surface area contributed by atoms with Gasteiger partial charge in [-0.25, -0.2) is 0 Å². The zero-order valence-corrected chi connectivity index (χ0v) is 23.8. The molecule has 0 atom stereocenters. The highest BCUT2D eigenvalue weighted by atomic mass is 16.5. The third kappa shape index (κ3) is 12.1. The summed E-state index contributed by atoms with van der Waals surface area (Å²) in [4.78, 5) is 4.70. The lowest BCUT2D eigenvalue weighted by Crippen LogP contribution is -2.03. The Hall–Kier alpha value is -3.61. The van der Waals surface area contributed by atoms with Gasteiger partial charge >= 0.3 is 0 Å². The van der Waals surface area contributed by atoms with Crippen molar-refractivity contribution in [1.82, 2.24) is 4.98 Å². The summed E-state index contributed by atoms with van der Waals surface area (Å²) in [6, 6.07) is 19.8. The number of hydrogen-bond acceptors (Lipinski definition) is 6. The molecule has 0 saturated heterocycles. The maximum atomic E-state index is 5.93. The van der Waals surface area contributed by atoms with Crippen molar-refractivity contribution < 1.29 is 23.7 Å². The van der Waals surface area contributed by atoms with E-state index in [1.807, 2.05) is 72.8 Å². The van der Waals surface area contributed by atoms with Crippen LogP contribution in [0.5, 0.6) is 17.2 Å². The monoisotopic (exact) mass is 545 g/mol. The van der Waals surface area contributed by atoms with Crippen LogP contribution >= 0.6 is 0 Å². The predicted molar refractivity (Wildman–Crippen MR) is 160 cm³/mol. The maximum absolute atomic E-state index is 5.93. The van der Waals surface area contributed by atoms with Crippen LogP contribution in [0.2, 0.25) is 0 Å². The number of methoxy groups -OCH3 is 1. The highest BCUT2D eigenvalue weighted by Gasteiger charge is 2.06. The fourth-order valence-corrected chi connectivity index (χ4v) is 3.96. The largest absolute Gasteiger partial charge is 0.497 e. The van der Waals surface area contributed by atoms with Gasteiger partial charge in [0.1, 0.15) is 17.2 Å². The molecular weight excluding hydrogens is 502 g/mol. The van der Waals surface area contributed by atoms with Gasteiger partial charge in [-0.2, -0.15) is 0 Å². The van der Waals surface area contributed by atoms with Gasteiger partial charge in [-0.1, -0.05) is 36.4 Å². The van der Waals surface area contributed by atoms with E-state index in [1.165, 1.54) is 0 Å². The topological polar surface area (TPSA) is 59.0 Å². The summed E-state index contributed by atoms with van der Waals surface area (Å²) >= 11 is 0. The predicted octanol–water partition coefficient (Wildman–Crippen LogP) is 7.99. The Kier molecular flexibility index (Phi) is 14.4. The van der Waals surface area contributed by atoms with Gasteiger partial charge in [0.2, 0.25) is 0 Å². The van der Waals surface area contributed by atoms with Crippen LogP contribution in [0.15, 0.2) is 86.0 Å². The summed E-state index contributed by atoms with van der Waals surface area (Å²) in [5.74, 6) is 2.48. The summed E-state index contributed by atoms with van der Waals surface area (Å²) in [6.07, 6.45) is 10.2. The molecule has 0 N–H and O–H groups in total. The fraction of sp³-hybridized carbons (Fsp3) is 0.382. The Bertz CT molecular complexity index is 1040. The van der Waals surface area contributed by atoms with E-state index < -0.39 is 0 Å². The minimum absolute atomic E-state index is 0.376. The first-order valence-corrected chi connectivity index (χ1v) is 14.0. The summed E-state index contributed by atoms with van der Waals surface area (Å²) < 4.78 is 28.9. The third-order valence-electron chi connectivity index (χ3n) is 6.17. The van der Waals surface area contributed by atoms with Crippen LogP contribution in [0.25, 0.3) is 0 Å². The van der Waals surface area contributed by atoms with E-state index in [0.29, 0.717) is 26.4 Å². The van der Waals surface area contributed by atoms with Crippen molar-refractivity contribution in [2.75, 3.05) is 20.3 Å². The molecule has 0 radical (unpaired) electrons. The van der Waals surface area contributed by atoms with Crippen molar-refractivity contribution in [1.29, 1.82) is 0 Å². The van der Waals surface area contributed by atoms with Crippen molar-refractivity contribution in [3.63, 3.8) is 0 Å². The molecule has 0 aliphatic rings. The van der Waals surface area contributed by atoms with Crippen molar-refractivity contribution in [2.45, 2.75) is 65.0 Å². The quantitative estimate of drug-likeness (QED) is 0.0999. The first kappa shape index (κ1) is 30.9. The Morgan fingerprint density at radius 2 is 1.05 bits per heavy atom. The molecule has 3 rings (SSSR count). The first-order valence-electron chi connectivity index (χ1n) is 14.0. The van der Waals surface area contributed by atoms with E-state index in [1.54, 1.807) is 7.11 Å². The van der Waals surface area contributed by atoms with Crippen LogP contribution in [0.3, 0.4) is 0 Å². The second-order valence-corrected chi connectivity index (χ2v) is 9.53. The zero-order valence-electron chi connectivity index (χ0n) is 23.8. The molecule has 6 heteroatoms. The van der Waals surface area contributed by atoms with Gasteiger partial charge < -0.3 is 23.7 Å². The summed E-state index contributed by atoms with van der Waals surface area (Å²) in [5, 5.41) is 0. The number of aromatic nitrogens is 1. The number of rotatable bonds is 21. The zero-order chi connectivity index (χ0) is 28.3. The summed E-state index contributed by atoms with van der Waals surface area (Å²) in [5.41, 5.74) is 3.75. The Morgan fingerprint density at radius 3 is 1.45 bits per heavy atom. The first-order chi connectivity index (χ1) is 19.7. The lowest BCUT2D eigenvalue weighted by molar-refractivity contribution is 0.0977. The molecule has 1 heterocycles. The van der Waals surface area contributed by atoms with Crippen LogP contribution in [-0.4, -0.2) is 25.3 Å². The molecule has 0 aliphatic carbocycles. The Balaban J connectivity index is 1.40. The molecule has 0 saturated carbocycles. The van der Waals surface area contributed by atoms with Crippen LogP contribution in [-0.2, 0) is 35.9 Å². The number of benzene rings is 2. The van der Waals surface area contributed by atoms with Gasteiger partial charge in [-0.15, -0.1) is 13.2 Å². The molecule has 6 nitrogen and oxygen atoms in total. The van der Waals surface area contributed by atoms with E-state index in [4.69, 9.17) is 28.7 Å². The normalized spacial score (nSPS) is 10.7. The maximum Gasteiger partial charge on any atom is 0.122 e. The molecular formula is C34H43NO5. The number of nitrogens with zero attached hydrogens (tertiary/aromatic N) is 1. The molecule has 0 aliphatic heterocycles. The van der Waals surface area contributed by atoms with Gasteiger partial charge in [0, 0.05) is 12.1 Å². The van der Waals surface area contributed by atoms with Crippen LogP contribution in [0.1, 0.15) is 61.0 Å². The molecule has 0 spiro atoms. The van der Waals surface area contributed by atoms with E-state index in [-0.39, 0.29) is 0 Å². The molecule has 0 fully saturated rings. The van der Waals surface area contributed by atoms with Crippen molar-refractivity contribution in [3.05, 3.63) is 108 Å². The summed E-state index contributed by atoms with van der Waals surface area (Å²) in [6.45, 7) is 10.6. The molecule has 40 heavy (non-hydrogen) atoms. The highest BCUT2D eigenvalue weighted by molar-refractivity contribution is 5.29. The molecule has 0 unspecified atom stereocenters. The summed E-state index contributed by atoms with van der Waals surface area (Å²) in [7, 11) is 1.65. The lowest BCUT2D eigenvalue weighted by Gasteiger charge is -2.11. The fourth-order valence-electron chi connectivity index (χ4n) is 3.96. The average Bonchev–Trinajstić information content (AvgIpc) is 2.98. The van der Waals surface area contributed by atoms with Crippen molar-refractivity contribution >= 4 is 0 Å². The second-order valence-electron chi connectivity index (χ2n) is 9.53. The van der Waals surface area contributed by atoms with Gasteiger partial charge in [0.15, 0.2) is 0 Å². The highest BCUT2D eigenvalue weighted by Crippen LogP contribution is 2.19. The van der Waals surface area contributed by atoms with Gasteiger partial charge in [-0.3, -0.25) is 4.98 Å². The Morgan fingerprint density at radius 1 is 0.600 bits per heavy atom. The number of allylic oxidation sites excluding steroid dienone is 2. The number of pyridine rings is 1. The molecule has 0 amide bonds.